The van der Waals surface area contributed by atoms with Crippen LogP contribution in [0.1, 0.15) is 28.4 Å². The van der Waals surface area contributed by atoms with Gasteiger partial charge in [0.2, 0.25) is 0 Å². The third-order valence-electron chi connectivity index (χ3n) is 4.03. The molecule has 0 aliphatic heterocycles. The fourth-order valence-corrected chi connectivity index (χ4v) is 2.52. The molecule has 1 amide bonds. The van der Waals surface area contributed by atoms with Gasteiger partial charge < -0.3 is 9.47 Å². The molecule has 0 aromatic heterocycles. The number of hydrogen-bond donors (Lipinski definition) is 1. The summed E-state index contributed by atoms with van der Waals surface area (Å²) in [6.07, 6.45) is 1.27. The molecule has 0 aliphatic rings. The number of amides is 1. The molecule has 0 saturated heterocycles. The highest BCUT2D eigenvalue weighted by molar-refractivity contribution is 5.94. The summed E-state index contributed by atoms with van der Waals surface area (Å²) in [5, 5.41) is 3.80. The minimum absolute atomic E-state index is 0.301. The number of nitrogens with zero attached hydrogens (tertiary/aromatic N) is 1. The van der Waals surface area contributed by atoms with Crippen LogP contribution in [0.5, 0.6) is 11.5 Å². The Morgan fingerprint density at radius 3 is 2.28 bits per heavy atom. The van der Waals surface area contributed by atoms with Crippen LogP contribution in [0.2, 0.25) is 0 Å². The Hall–Kier alpha value is -3.67. The van der Waals surface area contributed by atoms with Crippen LogP contribution >= 0.6 is 0 Å². The number of carbonyl (C=O) groups excluding carboxylic acids is 1. The van der Waals surface area contributed by atoms with E-state index in [-0.39, 0.29) is 5.91 Å². The van der Waals surface area contributed by atoms with Gasteiger partial charge in [-0.15, -0.1) is 0 Å². The average Bonchev–Trinajstić information content (AvgIpc) is 2.75. The average molecular weight is 392 g/mol. The van der Waals surface area contributed by atoms with E-state index >= 15 is 0 Å². The summed E-state index contributed by atoms with van der Waals surface area (Å²) >= 11 is 0. The number of hydrogen-bond acceptors (Lipinski definition) is 4. The van der Waals surface area contributed by atoms with Gasteiger partial charge in [0.15, 0.2) is 0 Å². The summed E-state index contributed by atoms with van der Waals surface area (Å²) in [5.41, 5.74) is 4.06. The van der Waals surface area contributed by atoms with E-state index < -0.39 is 5.82 Å². The van der Waals surface area contributed by atoms with Crippen LogP contribution in [0.4, 0.5) is 4.39 Å². The zero-order valence-electron chi connectivity index (χ0n) is 16.0. The van der Waals surface area contributed by atoms with Gasteiger partial charge in [0.25, 0.3) is 5.91 Å². The fourth-order valence-electron chi connectivity index (χ4n) is 2.52. The minimum atomic E-state index is -0.401. The first-order valence-electron chi connectivity index (χ1n) is 9.18. The van der Waals surface area contributed by atoms with Crippen LogP contribution in [-0.2, 0) is 6.61 Å². The molecule has 0 aliphatic carbocycles. The number of halogens is 1. The van der Waals surface area contributed by atoms with Crippen molar-refractivity contribution in [2.45, 2.75) is 13.5 Å². The van der Waals surface area contributed by atoms with Gasteiger partial charge >= 0.3 is 0 Å². The lowest BCUT2D eigenvalue weighted by Gasteiger charge is -2.08. The van der Waals surface area contributed by atoms with Crippen LogP contribution in [0, 0.1) is 5.82 Å². The predicted octanol–water partition coefficient (Wildman–Crippen LogP) is 4.57. The maximum absolute atomic E-state index is 13.5. The first-order valence-corrected chi connectivity index (χ1v) is 9.18. The first kappa shape index (κ1) is 20.1. The molecule has 5 nitrogen and oxygen atoms in total. The number of hydrazone groups is 1. The van der Waals surface area contributed by atoms with E-state index in [1.807, 2.05) is 43.3 Å². The number of rotatable bonds is 8. The van der Waals surface area contributed by atoms with Crippen LogP contribution in [-0.4, -0.2) is 18.7 Å². The van der Waals surface area contributed by atoms with Gasteiger partial charge in [-0.05, 0) is 55.0 Å². The number of carbonyl (C=O) groups is 1. The molecule has 1 N–H and O–H groups in total. The Morgan fingerprint density at radius 1 is 0.966 bits per heavy atom. The highest BCUT2D eigenvalue weighted by atomic mass is 19.1. The Balaban J connectivity index is 1.51. The highest BCUT2D eigenvalue weighted by Crippen LogP contribution is 2.18. The van der Waals surface area contributed by atoms with Gasteiger partial charge in [0, 0.05) is 11.1 Å². The largest absolute Gasteiger partial charge is 0.494 e. The van der Waals surface area contributed by atoms with Gasteiger partial charge in [0.05, 0.1) is 12.8 Å². The van der Waals surface area contributed by atoms with Crippen LogP contribution in [0.3, 0.4) is 0 Å². The summed E-state index contributed by atoms with van der Waals surface area (Å²) < 4.78 is 24.6. The number of nitrogens with one attached hydrogen (secondary N) is 1. The molecule has 148 valence electrons. The van der Waals surface area contributed by atoms with Crippen molar-refractivity contribution in [2.24, 2.45) is 5.10 Å². The lowest BCUT2D eigenvalue weighted by molar-refractivity contribution is 0.0955. The molecular weight excluding hydrogens is 371 g/mol. The molecule has 0 radical (unpaired) electrons. The summed E-state index contributed by atoms with van der Waals surface area (Å²) in [4.78, 5) is 12.1. The Kier molecular flexibility index (Phi) is 6.95. The Labute approximate surface area is 168 Å². The quantitative estimate of drug-likeness (QED) is 0.451. The van der Waals surface area contributed by atoms with Gasteiger partial charge in [-0.3, -0.25) is 4.79 Å². The predicted molar refractivity (Wildman–Crippen MR) is 110 cm³/mol. The monoisotopic (exact) mass is 392 g/mol. The lowest BCUT2D eigenvalue weighted by Crippen LogP contribution is -2.17. The molecule has 0 saturated carbocycles. The second kappa shape index (κ2) is 10.0. The van der Waals surface area contributed by atoms with E-state index in [0.717, 1.165) is 17.1 Å². The van der Waals surface area contributed by atoms with Crippen molar-refractivity contribution >= 4 is 12.1 Å². The molecule has 0 atom stereocenters. The molecule has 0 spiro atoms. The molecule has 0 heterocycles. The van der Waals surface area contributed by atoms with Crippen molar-refractivity contribution in [3.8, 4) is 11.5 Å². The van der Waals surface area contributed by atoms with Crippen molar-refractivity contribution in [3.05, 3.63) is 95.3 Å². The first-order chi connectivity index (χ1) is 14.2. The normalized spacial score (nSPS) is 10.7. The topological polar surface area (TPSA) is 59.9 Å². The van der Waals surface area contributed by atoms with E-state index in [2.05, 4.69) is 10.5 Å². The molecule has 0 unspecified atom stereocenters. The summed E-state index contributed by atoms with van der Waals surface area (Å²) in [7, 11) is 0. The van der Waals surface area contributed by atoms with E-state index in [1.54, 1.807) is 30.3 Å². The second-order valence-electron chi connectivity index (χ2n) is 6.11. The molecule has 3 aromatic carbocycles. The van der Waals surface area contributed by atoms with E-state index in [9.17, 15) is 9.18 Å². The van der Waals surface area contributed by atoms with Gasteiger partial charge in [0.1, 0.15) is 23.9 Å². The van der Waals surface area contributed by atoms with Crippen molar-refractivity contribution in [3.63, 3.8) is 0 Å². The third-order valence-corrected chi connectivity index (χ3v) is 4.03. The van der Waals surface area contributed by atoms with Gasteiger partial charge in [-0.2, -0.15) is 5.10 Å². The SMILES string of the molecule is CCOc1ccc(OCc2ccc(C(=O)N/N=C\c3ccccc3F)cc2)cc1. The second-order valence-corrected chi connectivity index (χ2v) is 6.11. The van der Waals surface area contributed by atoms with E-state index in [1.165, 1.54) is 12.3 Å². The van der Waals surface area contributed by atoms with Crippen molar-refractivity contribution < 1.29 is 18.7 Å². The lowest BCUT2D eigenvalue weighted by atomic mass is 10.1. The van der Waals surface area contributed by atoms with Gasteiger partial charge in [-0.25, -0.2) is 9.82 Å². The molecule has 29 heavy (non-hydrogen) atoms. The Bertz CT molecular complexity index is 970. The van der Waals surface area contributed by atoms with Crippen LogP contribution in [0.15, 0.2) is 77.9 Å². The Morgan fingerprint density at radius 2 is 1.62 bits per heavy atom. The maximum atomic E-state index is 13.5. The zero-order chi connectivity index (χ0) is 20.5. The maximum Gasteiger partial charge on any atom is 0.271 e. The van der Waals surface area contributed by atoms with E-state index in [0.29, 0.717) is 24.3 Å². The molecule has 0 bridgehead atoms. The van der Waals surface area contributed by atoms with Crippen molar-refractivity contribution in [1.82, 2.24) is 5.43 Å². The molecule has 3 aromatic rings. The smallest absolute Gasteiger partial charge is 0.271 e. The summed E-state index contributed by atoms with van der Waals surface area (Å²) in [6, 6.07) is 20.6. The number of benzene rings is 3. The van der Waals surface area contributed by atoms with Crippen LogP contribution < -0.4 is 14.9 Å². The highest BCUT2D eigenvalue weighted by Gasteiger charge is 2.05. The zero-order valence-corrected chi connectivity index (χ0v) is 16.0. The summed E-state index contributed by atoms with van der Waals surface area (Å²) in [5.74, 6) is 0.754. The number of ether oxygens (including phenoxy) is 2. The molecule has 6 heteroatoms. The molecule has 0 fully saturated rings. The standard InChI is InChI=1S/C23H21FN2O3/c1-2-28-20-11-13-21(14-12-20)29-16-17-7-9-18(10-8-17)23(27)26-25-15-19-5-3-4-6-22(19)24/h3-15H,2,16H2,1H3,(H,26,27)/b25-15-. The fraction of sp³-hybridized carbons (Fsp3) is 0.130. The van der Waals surface area contributed by atoms with Crippen molar-refractivity contribution in [1.29, 1.82) is 0 Å². The van der Waals surface area contributed by atoms with Gasteiger partial charge in [-0.1, -0.05) is 30.3 Å². The van der Waals surface area contributed by atoms with Crippen LogP contribution in [0.25, 0.3) is 0 Å². The molecule has 3 rings (SSSR count). The molecular formula is C23H21FN2O3. The van der Waals surface area contributed by atoms with E-state index in [4.69, 9.17) is 9.47 Å². The summed E-state index contributed by atoms with van der Waals surface area (Å²) in [6.45, 7) is 2.93. The third kappa shape index (κ3) is 5.90. The minimum Gasteiger partial charge on any atom is -0.494 e. The van der Waals surface area contributed by atoms with Crippen molar-refractivity contribution in [2.75, 3.05) is 6.61 Å².